The van der Waals surface area contributed by atoms with E-state index in [9.17, 15) is 0 Å². The van der Waals surface area contributed by atoms with Gasteiger partial charge in [-0.15, -0.1) is 0 Å². The number of nitrogens with zero attached hydrogens (tertiary/aromatic N) is 2. The molecular formula is C11H17BrN2. The van der Waals surface area contributed by atoms with E-state index in [2.05, 4.69) is 45.5 Å². The van der Waals surface area contributed by atoms with Gasteiger partial charge in [-0.2, -0.15) is 0 Å². The first kappa shape index (κ1) is 10.2. The van der Waals surface area contributed by atoms with Gasteiger partial charge in [0.15, 0.2) is 0 Å². The fourth-order valence-corrected chi connectivity index (χ4v) is 2.57. The van der Waals surface area contributed by atoms with Crippen LogP contribution in [0.2, 0.25) is 0 Å². The van der Waals surface area contributed by atoms with E-state index >= 15 is 0 Å². The molecule has 0 atom stereocenters. The molecular weight excluding hydrogens is 240 g/mol. The monoisotopic (exact) mass is 256 g/mol. The standard InChI is InChI=1S/C11H17BrN2/c1-9(2)10-13-5-6-14(10)8-11(7-12)3-4-11/h5-6,9H,3-4,7-8H2,1-2H3. The zero-order valence-electron chi connectivity index (χ0n) is 8.83. The van der Waals surface area contributed by atoms with Crippen molar-refractivity contribution >= 4 is 15.9 Å². The lowest BCUT2D eigenvalue weighted by atomic mass is 10.1. The summed E-state index contributed by atoms with van der Waals surface area (Å²) in [5, 5.41) is 1.12. The molecule has 0 N–H and O–H groups in total. The molecule has 2 rings (SSSR count). The molecule has 0 aromatic carbocycles. The second kappa shape index (κ2) is 3.69. The second-order valence-corrected chi connectivity index (χ2v) is 5.26. The summed E-state index contributed by atoms with van der Waals surface area (Å²) in [5.74, 6) is 1.74. The van der Waals surface area contributed by atoms with E-state index in [1.54, 1.807) is 0 Å². The number of rotatable bonds is 4. The number of hydrogen-bond acceptors (Lipinski definition) is 1. The highest BCUT2D eigenvalue weighted by Gasteiger charge is 2.42. The largest absolute Gasteiger partial charge is 0.334 e. The van der Waals surface area contributed by atoms with E-state index in [-0.39, 0.29) is 0 Å². The van der Waals surface area contributed by atoms with Crippen LogP contribution in [0.1, 0.15) is 38.4 Å². The van der Waals surface area contributed by atoms with Crippen molar-refractivity contribution in [2.24, 2.45) is 5.41 Å². The predicted molar refractivity (Wildman–Crippen MR) is 61.8 cm³/mol. The van der Waals surface area contributed by atoms with Crippen molar-refractivity contribution in [3.63, 3.8) is 0 Å². The van der Waals surface area contributed by atoms with Gasteiger partial charge in [0.25, 0.3) is 0 Å². The quantitative estimate of drug-likeness (QED) is 0.757. The fourth-order valence-electron chi connectivity index (χ4n) is 1.83. The van der Waals surface area contributed by atoms with Gasteiger partial charge in [-0.3, -0.25) is 0 Å². The van der Waals surface area contributed by atoms with Crippen LogP contribution in [0.25, 0.3) is 0 Å². The summed E-state index contributed by atoms with van der Waals surface area (Å²) in [4.78, 5) is 4.41. The third-order valence-electron chi connectivity index (χ3n) is 3.01. The third kappa shape index (κ3) is 1.88. The Kier molecular flexibility index (Phi) is 2.69. The average molecular weight is 257 g/mol. The predicted octanol–water partition coefficient (Wildman–Crippen LogP) is 3.18. The molecule has 1 aromatic rings. The Balaban J connectivity index is 2.12. The summed E-state index contributed by atoms with van der Waals surface area (Å²) in [6, 6.07) is 0. The van der Waals surface area contributed by atoms with Gasteiger partial charge in [-0.1, -0.05) is 29.8 Å². The number of halogens is 1. The third-order valence-corrected chi connectivity index (χ3v) is 4.20. The van der Waals surface area contributed by atoms with E-state index in [4.69, 9.17) is 0 Å². The molecule has 2 nitrogen and oxygen atoms in total. The minimum atomic E-state index is 0.524. The summed E-state index contributed by atoms with van der Waals surface area (Å²) in [5.41, 5.74) is 0.532. The van der Waals surface area contributed by atoms with E-state index in [0.29, 0.717) is 11.3 Å². The van der Waals surface area contributed by atoms with Crippen molar-refractivity contribution < 1.29 is 0 Å². The van der Waals surface area contributed by atoms with Gasteiger partial charge in [0.05, 0.1) is 0 Å². The van der Waals surface area contributed by atoms with Crippen LogP contribution in [-0.2, 0) is 6.54 Å². The number of hydrogen-bond donors (Lipinski definition) is 0. The Labute approximate surface area is 93.9 Å². The summed E-state index contributed by atoms with van der Waals surface area (Å²) < 4.78 is 2.32. The molecule has 0 spiro atoms. The molecule has 1 fully saturated rings. The van der Waals surface area contributed by atoms with Crippen LogP contribution in [0, 0.1) is 5.41 Å². The summed E-state index contributed by atoms with van der Waals surface area (Å²) in [6.45, 7) is 5.53. The van der Waals surface area contributed by atoms with Crippen LogP contribution in [-0.4, -0.2) is 14.9 Å². The highest BCUT2D eigenvalue weighted by atomic mass is 79.9. The molecule has 1 heterocycles. The maximum Gasteiger partial charge on any atom is 0.111 e. The molecule has 0 saturated heterocycles. The Bertz CT molecular complexity index is 313. The molecule has 0 aliphatic heterocycles. The van der Waals surface area contributed by atoms with Crippen molar-refractivity contribution in [2.45, 2.75) is 39.2 Å². The van der Waals surface area contributed by atoms with Gasteiger partial charge in [-0.25, -0.2) is 4.98 Å². The van der Waals surface area contributed by atoms with E-state index in [1.165, 1.54) is 18.7 Å². The van der Waals surface area contributed by atoms with Crippen LogP contribution >= 0.6 is 15.9 Å². The van der Waals surface area contributed by atoms with Crippen LogP contribution in [0.3, 0.4) is 0 Å². The fraction of sp³-hybridized carbons (Fsp3) is 0.727. The Morgan fingerprint density at radius 2 is 2.29 bits per heavy atom. The maximum atomic E-state index is 4.41. The van der Waals surface area contributed by atoms with Crippen LogP contribution in [0.5, 0.6) is 0 Å². The smallest absolute Gasteiger partial charge is 0.111 e. The molecule has 78 valence electrons. The summed E-state index contributed by atoms with van der Waals surface area (Å²) in [7, 11) is 0. The minimum absolute atomic E-state index is 0.524. The lowest BCUT2D eigenvalue weighted by molar-refractivity contribution is 0.457. The minimum Gasteiger partial charge on any atom is -0.334 e. The first-order chi connectivity index (χ1) is 6.67. The molecule has 3 heteroatoms. The number of aromatic nitrogens is 2. The lowest BCUT2D eigenvalue weighted by Gasteiger charge is -2.16. The molecule has 1 saturated carbocycles. The molecule has 0 radical (unpaired) electrons. The Hall–Kier alpha value is -0.310. The van der Waals surface area contributed by atoms with Crippen LogP contribution < -0.4 is 0 Å². The van der Waals surface area contributed by atoms with Gasteiger partial charge < -0.3 is 4.57 Å². The molecule has 0 unspecified atom stereocenters. The van der Waals surface area contributed by atoms with E-state index in [1.807, 2.05) is 6.20 Å². The Morgan fingerprint density at radius 3 is 2.79 bits per heavy atom. The van der Waals surface area contributed by atoms with Gasteiger partial charge in [-0.05, 0) is 18.3 Å². The van der Waals surface area contributed by atoms with Crippen molar-refractivity contribution in [1.82, 2.24) is 9.55 Å². The zero-order valence-corrected chi connectivity index (χ0v) is 10.4. The van der Waals surface area contributed by atoms with Gasteiger partial charge >= 0.3 is 0 Å². The normalized spacial score (nSPS) is 18.9. The van der Waals surface area contributed by atoms with E-state index in [0.717, 1.165) is 11.9 Å². The van der Waals surface area contributed by atoms with Gasteiger partial charge in [0.2, 0.25) is 0 Å². The first-order valence-electron chi connectivity index (χ1n) is 5.24. The van der Waals surface area contributed by atoms with Crippen molar-refractivity contribution in [1.29, 1.82) is 0 Å². The molecule has 14 heavy (non-hydrogen) atoms. The molecule has 1 aliphatic rings. The maximum absolute atomic E-state index is 4.41. The molecule has 1 aliphatic carbocycles. The zero-order chi connectivity index (χ0) is 10.2. The summed E-state index contributed by atoms with van der Waals surface area (Å²) in [6.07, 6.45) is 6.74. The van der Waals surface area contributed by atoms with E-state index < -0.39 is 0 Å². The topological polar surface area (TPSA) is 17.8 Å². The van der Waals surface area contributed by atoms with Gasteiger partial charge in [0, 0.05) is 30.2 Å². The molecule has 0 bridgehead atoms. The molecule has 0 amide bonds. The highest BCUT2D eigenvalue weighted by Crippen LogP contribution is 2.48. The van der Waals surface area contributed by atoms with Crippen LogP contribution in [0.4, 0.5) is 0 Å². The van der Waals surface area contributed by atoms with Crippen molar-refractivity contribution in [2.75, 3.05) is 5.33 Å². The first-order valence-corrected chi connectivity index (χ1v) is 6.36. The number of imidazole rings is 1. The van der Waals surface area contributed by atoms with Crippen molar-refractivity contribution in [3.05, 3.63) is 18.2 Å². The summed E-state index contributed by atoms with van der Waals surface area (Å²) >= 11 is 3.61. The lowest BCUT2D eigenvalue weighted by Crippen LogP contribution is -2.15. The van der Waals surface area contributed by atoms with Crippen LogP contribution in [0.15, 0.2) is 12.4 Å². The van der Waals surface area contributed by atoms with Gasteiger partial charge in [0.1, 0.15) is 5.82 Å². The average Bonchev–Trinajstić information content (AvgIpc) is 2.76. The molecule has 1 aromatic heterocycles. The SMILES string of the molecule is CC(C)c1nccn1CC1(CBr)CC1. The second-order valence-electron chi connectivity index (χ2n) is 4.70. The number of alkyl halides is 1. The van der Waals surface area contributed by atoms with Crippen molar-refractivity contribution in [3.8, 4) is 0 Å². The Morgan fingerprint density at radius 1 is 1.57 bits per heavy atom. The highest BCUT2D eigenvalue weighted by molar-refractivity contribution is 9.09.